The van der Waals surface area contributed by atoms with E-state index in [0.29, 0.717) is 0 Å². The van der Waals surface area contributed by atoms with Crippen molar-refractivity contribution in [3.05, 3.63) is 65.9 Å². The molecule has 0 aliphatic carbocycles. The second kappa shape index (κ2) is 6.46. The zero-order chi connectivity index (χ0) is 14.5. The molecule has 0 aliphatic rings. The molecule has 0 spiro atoms. The Morgan fingerprint density at radius 2 is 1.95 bits per heavy atom. The Bertz CT molecular complexity index is 704. The topological polar surface area (TPSA) is 37.0 Å². The number of methoxy groups -OCH3 is 1. The van der Waals surface area contributed by atoms with Crippen molar-refractivity contribution in [2.45, 2.75) is 13.0 Å². The Balaban J connectivity index is 1.60. The fourth-order valence-electron chi connectivity index (χ4n) is 2.54. The van der Waals surface area contributed by atoms with Crippen molar-refractivity contribution < 1.29 is 4.74 Å². The molecule has 0 radical (unpaired) electrons. The van der Waals surface area contributed by atoms with Gasteiger partial charge in [-0.1, -0.05) is 30.3 Å². The predicted octanol–water partition coefficient (Wildman–Crippen LogP) is 3.51. The van der Waals surface area contributed by atoms with Crippen LogP contribution in [-0.2, 0) is 13.0 Å². The first kappa shape index (κ1) is 13.7. The molecule has 3 nitrogen and oxygen atoms in total. The summed E-state index contributed by atoms with van der Waals surface area (Å²) in [6.45, 7) is 1.87. The first-order valence-electron chi connectivity index (χ1n) is 7.25. The smallest absolute Gasteiger partial charge is 0.119 e. The third-order valence-electron chi connectivity index (χ3n) is 3.72. The summed E-state index contributed by atoms with van der Waals surface area (Å²) in [5.74, 6) is 0.903. The van der Waals surface area contributed by atoms with E-state index in [9.17, 15) is 0 Å². The maximum Gasteiger partial charge on any atom is 0.119 e. The van der Waals surface area contributed by atoms with Crippen molar-refractivity contribution in [2.75, 3.05) is 13.7 Å². The molecule has 0 aliphatic heterocycles. The van der Waals surface area contributed by atoms with E-state index in [1.165, 1.54) is 16.5 Å². The maximum atomic E-state index is 5.30. The van der Waals surface area contributed by atoms with Gasteiger partial charge in [0.2, 0.25) is 0 Å². The summed E-state index contributed by atoms with van der Waals surface area (Å²) in [6, 6.07) is 16.6. The van der Waals surface area contributed by atoms with E-state index in [4.69, 9.17) is 4.74 Å². The summed E-state index contributed by atoms with van der Waals surface area (Å²) in [6.07, 6.45) is 3.09. The number of H-pyrrole nitrogens is 1. The number of aromatic amines is 1. The molecule has 1 aromatic heterocycles. The molecule has 0 atom stereocenters. The van der Waals surface area contributed by atoms with Crippen molar-refractivity contribution in [3.63, 3.8) is 0 Å². The van der Waals surface area contributed by atoms with E-state index in [1.54, 1.807) is 7.11 Å². The van der Waals surface area contributed by atoms with E-state index in [-0.39, 0.29) is 0 Å². The van der Waals surface area contributed by atoms with Crippen molar-refractivity contribution in [1.82, 2.24) is 10.3 Å². The fraction of sp³-hybridized carbons (Fsp3) is 0.222. The van der Waals surface area contributed by atoms with Crippen molar-refractivity contribution in [1.29, 1.82) is 0 Å². The highest BCUT2D eigenvalue weighted by Crippen LogP contribution is 2.23. The van der Waals surface area contributed by atoms with Gasteiger partial charge in [-0.2, -0.15) is 0 Å². The van der Waals surface area contributed by atoms with Gasteiger partial charge in [-0.05, 0) is 42.3 Å². The van der Waals surface area contributed by atoms with Gasteiger partial charge in [-0.25, -0.2) is 0 Å². The number of fused-ring (bicyclic) bond motifs is 1. The summed E-state index contributed by atoms with van der Waals surface area (Å²) >= 11 is 0. The van der Waals surface area contributed by atoms with Gasteiger partial charge in [0.1, 0.15) is 5.75 Å². The lowest BCUT2D eigenvalue weighted by molar-refractivity contribution is 0.415. The minimum Gasteiger partial charge on any atom is -0.497 e. The average molecular weight is 280 g/mol. The van der Waals surface area contributed by atoms with E-state index >= 15 is 0 Å². The van der Waals surface area contributed by atoms with Crippen LogP contribution in [0, 0.1) is 0 Å². The third-order valence-corrected chi connectivity index (χ3v) is 3.72. The summed E-state index contributed by atoms with van der Waals surface area (Å²) in [4.78, 5) is 3.31. The van der Waals surface area contributed by atoms with Crippen LogP contribution < -0.4 is 10.1 Å². The van der Waals surface area contributed by atoms with Crippen LogP contribution in [0.4, 0.5) is 0 Å². The maximum absolute atomic E-state index is 5.30. The molecule has 0 saturated heterocycles. The zero-order valence-corrected chi connectivity index (χ0v) is 12.2. The van der Waals surface area contributed by atoms with E-state index in [1.807, 2.05) is 12.1 Å². The fourth-order valence-corrected chi connectivity index (χ4v) is 2.54. The monoisotopic (exact) mass is 280 g/mol. The standard InChI is InChI=1S/C18H20N2O/c1-21-16-7-8-18-17(11-16)15(13-20-18)9-10-19-12-14-5-3-2-4-6-14/h2-8,11,13,19-20H,9-10,12H2,1H3. The first-order chi connectivity index (χ1) is 10.4. The van der Waals surface area contributed by atoms with Crippen LogP contribution in [0.1, 0.15) is 11.1 Å². The summed E-state index contributed by atoms with van der Waals surface area (Å²) < 4.78 is 5.30. The van der Waals surface area contributed by atoms with Crippen LogP contribution in [0.3, 0.4) is 0 Å². The van der Waals surface area contributed by atoms with Crippen LogP contribution in [0.15, 0.2) is 54.7 Å². The van der Waals surface area contributed by atoms with Gasteiger partial charge in [-0.3, -0.25) is 0 Å². The van der Waals surface area contributed by atoms with Gasteiger partial charge >= 0.3 is 0 Å². The molecule has 3 heteroatoms. The molecule has 0 amide bonds. The lowest BCUT2D eigenvalue weighted by atomic mass is 10.1. The van der Waals surface area contributed by atoms with Crippen LogP contribution in [0.5, 0.6) is 5.75 Å². The van der Waals surface area contributed by atoms with Gasteiger partial charge in [0, 0.05) is 23.6 Å². The highest BCUT2D eigenvalue weighted by atomic mass is 16.5. The minimum atomic E-state index is 0.903. The minimum absolute atomic E-state index is 0.903. The first-order valence-corrected chi connectivity index (χ1v) is 7.25. The van der Waals surface area contributed by atoms with Gasteiger partial charge in [0.05, 0.1) is 7.11 Å². The second-order valence-corrected chi connectivity index (χ2v) is 5.14. The Hall–Kier alpha value is -2.26. The van der Waals surface area contributed by atoms with Crippen LogP contribution in [0.25, 0.3) is 10.9 Å². The number of rotatable bonds is 6. The number of hydrogen-bond donors (Lipinski definition) is 2. The van der Waals surface area contributed by atoms with Crippen molar-refractivity contribution >= 4 is 10.9 Å². The largest absolute Gasteiger partial charge is 0.497 e. The van der Waals surface area contributed by atoms with E-state index in [2.05, 4.69) is 52.9 Å². The molecule has 108 valence electrons. The number of nitrogens with one attached hydrogen (secondary N) is 2. The Kier molecular flexibility index (Phi) is 4.22. The van der Waals surface area contributed by atoms with Crippen LogP contribution >= 0.6 is 0 Å². The molecule has 21 heavy (non-hydrogen) atoms. The van der Waals surface area contributed by atoms with E-state index in [0.717, 1.165) is 30.8 Å². The highest BCUT2D eigenvalue weighted by Gasteiger charge is 2.04. The quantitative estimate of drug-likeness (QED) is 0.678. The Labute approximate surface area is 125 Å². The zero-order valence-electron chi connectivity index (χ0n) is 12.2. The lowest BCUT2D eigenvalue weighted by Gasteiger charge is -2.05. The normalized spacial score (nSPS) is 10.9. The van der Waals surface area contributed by atoms with Crippen molar-refractivity contribution in [2.24, 2.45) is 0 Å². The molecule has 0 fully saturated rings. The summed E-state index contributed by atoms with van der Waals surface area (Å²) in [5.41, 5.74) is 3.80. The highest BCUT2D eigenvalue weighted by molar-refractivity contribution is 5.84. The number of ether oxygens (including phenoxy) is 1. The van der Waals surface area contributed by atoms with Gasteiger partial charge in [0.25, 0.3) is 0 Å². The number of hydrogen-bond acceptors (Lipinski definition) is 2. The molecule has 1 heterocycles. The third kappa shape index (κ3) is 3.26. The lowest BCUT2D eigenvalue weighted by Crippen LogP contribution is -2.16. The number of aromatic nitrogens is 1. The van der Waals surface area contributed by atoms with E-state index < -0.39 is 0 Å². The molecular weight excluding hydrogens is 260 g/mol. The summed E-state index contributed by atoms with van der Waals surface area (Å²) in [7, 11) is 1.70. The second-order valence-electron chi connectivity index (χ2n) is 5.14. The molecule has 0 unspecified atom stereocenters. The Morgan fingerprint density at radius 1 is 1.10 bits per heavy atom. The molecule has 2 N–H and O–H groups in total. The molecular formula is C18H20N2O. The molecule has 0 saturated carbocycles. The average Bonchev–Trinajstić information content (AvgIpc) is 2.95. The molecule has 0 bridgehead atoms. The van der Waals surface area contributed by atoms with Gasteiger partial charge in [0.15, 0.2) is 0 Å². The summed E-state index contributed by atoms with van der Waals surface area (Å²) in [5, 5.41) is 4.73. The molecule has 3 rings (SSSR count). The number of benzene rings is 2. The SMILES string of the molecule is COc1ccc2[nH]cc(CCNCc3ccccc3)c2c1. The predicted molar refractivity (Wildman–Crippen MR) is 86.7 cm³/mol. The van der Waals surface area contributed by atoms with Crippen LogP contribution in [0.2, 0.25) is 0 Å². The molecule has 2 aromatic carbocycles. The van der Waals surface area contributed by atoms with Gasteiger partial charge < -0.3 is 15.0 Å². The molecule has 3 aromatic rings. The Morgan fingerprint density at radius 3 is 2.76 bits per heavy atom. The van der Waals surface area contributed by atoms with Crippen LogP contribution in [-0.4, -0.2) is 18.6 Å². The van der Waals surface area contributed by atoms with Crippen molar-refractivity contribution in [3.8, 4) is 5.75 Å². The van der Waals surface area contributed by atoms with Gasteiger partial charge in [-0.15, -0.1) is 0 Å².